The van der Waals surface area contributed by atoms with E-state index < -0.39 is 28.2 Å². The minimum atomic E-state index is -4.06. The van der Waals surface area contributed by atoms with Gasteiger partial charge in [0.1, 0.15) is 6.04 Å². The van der Waals surface area contributed by atoms with Crippen LogP contribution in [0.5, 0.6) is 0 Å². The van der Waals surface area contributed by atoms with Gasteiger partial charge in [-0.1, -0.05) is 92.9 Å². The number of hydrogen-bond acceptors (Lipinski definition) is 8. The van der Waals surface area contributed by atoms with E-state index in [0.717, 1.165) is 47.7 Å². The number of benzene rings is 3. The molecular weight excluding hydrogens is 717 g/mol. The largest absolute Gasteiger partial charge is 0.411 e. The first-order valence-electron chi connectivity index (χ1n) is 19.3. The predicted molar refractivity (Wildman–Crippen MR) is 212 cm³/mol. The second kappa shape index (κ2) is 18.2. The van der Waals surface area contributed by atoms with E-state index in [1.807, 2.05) is 74.5 Å². The molecule has 1 aliphatic carbocycles. The zero-order valence-corrected chi connectivity index (χ0v) is 32.4. The van der Waals surface area contributed by atoms with Crippen LogP contribution in [-0.4, -0.2) is 100 Å². The van der Waals surface area contributed by atoms with Crippen molar-refractivity contribution in [2.45, 2.75) is 82.0 Å². The number of aliphatic hydroxyl groups excluding tert-OH is 1. The molecule has 292 valence electrons. The highest BCUT2D eigenvalue weighted by Gasteiger charge is 2.41. The highest BCUT2D eigenvalue weighted by molar-refractivity contribution is 7.89. The molecule has 0 radical (unpaired) electrons. The number of fused-ring (bicyclic) bond motifs is 1. The summed E-state index contributed by atoms with van der Waals surface area (Å²) in [6.07, 6.45) is 6.42. The first-order chi connectivity index (χ1) is 26.6. The minimum Gasteiger partial charge on any atom is -0.411 e. The Morgan fingerprint density at radius 3 is 2.47 bits per heavy atom. The summed E-state index contributed by atoms with van der Waals surface area (Å²) >= 11 is 0. The molecule has 1 aromatic heterocycles. The van der Waals surface area contributed by atoms with Gasteiger partial charge in [0.05, 0.1) is 28.8 Å². The number of nitrogens with one attached hydrogen (secondary N) is 1. The fraction of sp³-hybridized carbons (Fsp3) is 0.429. The lowest BCUT2D eigenvalue weighted by atomic mass is 9.95. The number of aromatic nitrogens is 1. The summed E-state index contributed by atoms with van der Waals surface area (Å²) in [5.74, 6) is -0.425. The van der Waals surface area contributed by atoms with E-state index in [0.29, 0.717) is 31.6 Å². The Balaban J connectivity index is 1.23. The van der Waals surface area contributed by atoms with Gasteiger partial charge in [-0.15, -0.1) is 0 Å². The number of nitrogens with zero attached hydrogens (tertiary/aromatic N) is 5. The second-order valence-electron chi connectivity index (χ2n) is 14.9. The maximum Gasteiger partial charge on any atom is 0.321 e. The third-order valence-electron chi connectivity index (χ3n) is 11.1. The number of sulfonamides is 1. The van der Waals surface area contributed by atoms with E-state index in [2.05, 4.69) is 15.5 Å². The van der Waals surface area contributed by atoms with Gasteiger partial charge >= 0.3 is 6.03 Å². The molecule has 0 bridgehead atoms. The van der Waals surface area contributed by atoms with E-state index in [1.165, 1.54) is 22.7 Å². The smallest absolute Gasteiger partial charge is 0.321 e. The van der Waals surface area contributed by atoms with Crippen LogP contribution in [-0.2, 0) is 27.8 Å². The van der Waals surface area contributed by atoms with E-state index in [1.54, 1.807) is 28.1 Å². The first-order valence-corrected chi connectivity index (χ1v) is 20.7. The van der Waals surface area contributed by atoms with E-state index in [4.69, 9.17) is 5.21 Å². The maximum atomic E-state index is 14.5. The summed E-state index contributed by atoms with van der Waals surface area (Å²) in [7, 11) is -4.06. The number of carbonyl (C=O) groups is 2. The Bertz CT molecular complexity index is 2040. The number of oxime groups is 1. The summed E-state index contributed by atoms with van der Waals surface area (Å²) < 4.78 is 29.7. The standard InChI is InChI=1S/C42H52N6O6S/c1-3-30(2)40(48-23-22-46(42(48)51)27-34-17-20-37-35(24-34)14-9-21-43-37)41(50)45-38(25-31-10-5-4-6-11-31)39(49)29-47(28-33-12-7-8-13-33)55(53,54)36-18-15-32(16-19-36)26-44-52/h4-6,9-11,14-21,24,26,30,33,38-40,49,52H,3,7-8,12-13,22-23,25,27-29H2,1-2H3,(H,45,50)/b44-26+/t30?,38-,39+,40?/m0/s1. The highest BCUT2D eigenvalue weighted by atomic mass is 32.2. The zero-order chi connectivity index (χ0) is 39.0. The number of rotatable bonds is 17. The van der Waals surface area contributed by atoms with Gasteiger partial charge in [-0.25, -0.2) is 13.2 Å². The highest BCUT2D eigenvalue weighted by Crippen LogP contribution is 2.29. The van der Waals surface area contributed by atoms with E-state index in [9.17, 15) is 23.1 Å². The molecule has 12 nitrogen and oxygen atoms in total. The number of pyridine rings is 1. The van der Waals surface area contributed by atoms with Crippen LogP contribution in [0.15, 0.2) is 101 Å². The second-order valence-corrected chi connectivity index (χ2v) is 16.9. The van der Waals surface area contributed by atoms with Gasteiger partial charge in [0.25, 0.3) is 0 Å². The van der Waals surface area contributed by atoms with Crippen LogP contribution < -0.4 is 5.32 Å². The fourth-order valence-corrected chi connectivity index (χ4v) is 9.36. The van der Waals surface area contributed by atoms with Gasteiger partial charge in [-0.3, -0.25) is 9.78 Å². The molecule has 0 spiro atoms. The normalized spacial score (nSPS) is 17.6. The Morgan fingerprint density at radius 1 is 1.02 bits per heavy atom. The van der Waals surface area contributed by atoms with E-state index >= 15 is 0 Å². The number of amides is 3. The summed E-state index contributed by atoms with van der Waals surface area (Å²) in [5.41, 5.74) is 3.26. The average Bonchev–Trinajstić information content (AvgIpc) is 3.84. The van der Waals surface area contributed by atoms with Gasteiger partial charge in [0, 0.05) is 44.3 Å². The van der Waals surface area contributed by atoms with Gasteiger partial charge < -0.3 is 25.4 Å². The molecule has 2 aliphatic rings. The Morgan fingerprint density at radius 2 is 1.76 bits per heavy atom. The Hall–Kier alpha value is -4.85. The van der Waals surface area contributed by atoms with Crippen LogP contribution in [0.4, 0.5) is 4.79 Å². The summed E-state index contributed by atoms with van der Waals surface area (Å²) in [6, 6.07) is 23.5. The molecule has 13 heteroatoms. The van der Waals surface area contributed by atoms with Crippen molar-refractivity contribution < 1.29 is 28.3 Å². The van der Waals surface area contributed by atoms with Crippen LogP contribution in [0, 0.1) is 11.8 Å². The molecule has 1 saturated carbocycles. The van der Waals surface area contributed by atoms with Crippen LogP contribution in [0.25, 0.3) is 10.9 Å². The van der Waals surface area contributed by atoms with Crippen LogP contribution in [0.2, 0.25) is 0 Å². The monoisotopic (exact) mass is 768 g/mol. The molecule has 2 heterocycles. The summed E-state index contributed by atoms with van der Waals surface area (Å²) in [5, 5.41) is 28.1. The molecule has 4 aromatic rings. The third kappa shape index (κ3) is 9.70. The van der Waals surface area contributed by atoms with Gasteiger partial charge in [-0.05, 0) is 78.1 Å². The lowest BCUT2D eigenvalue weighted by Gasteiger charge is -2.35. The van der Waals surface area contributed by atoms with Crippen molar-refractivity contribution in [1.29, 1.82) is 0 Å². The first kappa shape index (κ1) is 39.8. The summed E-state index contributed by atoms with van der Waals surface area (Å²) in [4.78, 5) is 36.3. The molecular formula is C42H52N6O6S. The average molecular weight is 769 g/mol. The maximum absolute atomic E-state index is 14.5. The molecule has 3 amide bonds. The van der Waals surface area contributed by atoms with Crippen LogP contribution in [0.3, 0.4) is 0 Å². The topological polar surface area (TPSA) is 156 Å². The van der Waals surface area contributed by atoms with Crippen LogP contribution in [0.1, 0.15) is 62.6 Å². The molecule has 4 atom stereocenters. The molecule has 2 fully saturated rings. The van der Waals surface area contributed by atoms with Crippen molar-refractivity contribution in [3.63, 3.8) is 0 Å². The Kier molecular flexibility index (Phi) is 13.2. The van der Waals surface area contributed by atoms with Crippen molar-refractivity contribution in [2.24, 2.45) is 17.0 Å². The molecule has 55 heavy (non-hydrogen) atoms. The quantitative estimate of drug-likeness (QED) is 0.0711. The van der Waals surface area contributed by atoms with Gasteiger partial charge in [0.2, 0.25) is 15.9 Å². The third-order valence-corrected chi connectivity index (χ3v) is 12.9. The number of aliphatic hydroxyl groups is 1. The van der Waals surface area contributed by atoms with Gasteiger partial charge in [0.15, 0.2) is 0 Å². The van der Waals surface area contributed by atoms with Crippen molar-refractivity contribution >= 4 is 39.1 Å². The predicted octanol–water partition coefficient (Wildman–Crippen LogP) is 5.66. The molecule has 3 N–H and O–H groups in total. The minimum absolute atomic E-state index is 0.0609. The number of urea groups is 1. The fourth-order valence-electron chi connectivity index (χ4n) is 7.83. The lowest BCUT2D eigenvalue weighted by Crippen LogP contribution is -2.57. The van der Waals surface area contributed by atoms with Crippen LogP contribution >= 0.6 is 0 Å². The molecule has 6 rings (SSSR count). The molecule has 2 unspecified atom stereocenters. The number of hydrogen-bond donors (Lipinski definition) is 3. The summed E-state index contributed by atoms with van der Waals surface area (Å²) in [6.45, 7) is 5.17. The molecule has 3 aromatic carbocycles. The van der Waals surface area contributed by atoms with E-state index in [-0.39, 0.29) is 48.2 Å². The van der Waals surface area contributed by atoms with Gasteiger partial charge in [-0.2, -0.15) is 4.31 Å². The SMILES string of the molecule is CCC(C)C(C(=O)N[C@@H](Cc1ccccc1)[C@H](O)CN(CC1CCCC1)S(=O)(=O)c1ccc(/C=N/O)cc1)N1CCN(Cc2ccc3ncccc3c2)C1=O. The lowest BCUT2D eigenvalue weighted by molar-refractivity contribution is -0.128. The van der Waals surface area contributed by atoms with Crippen molar-refractivity contribution in [3.05, 3.63) is 108 Å². The number of carbonyl (C=O) groups excluding carboxylic acids is 2. The van der Waals surface area contributed by atoms with Crippen molar-refractivity contribution in [3.8, 4) is 0 Å². The van der Waals surface area contributed by atoms with Crippen molar-refractivity contribution in [1.82, 2.24) is 24.4 Å². The molecule has 1 saturated heterocycles. The Labute approximate surface area is 323 Å². The zero-order valence-electron chi connectivity index (χ0n) is 31.6. The molecule has 1 aliphatic heterocycles. The van der Waals surface area contributed by atoms with Crippen molar-refractivity contribution in [2.75, 3.05) is 26.2 Å².